The number of carbonyl (C=O) groups excluding carboxylic acids is 1. The molecule has 0 atom stereocenters. The first kappa shape index (κ1) is 9.58. The van der Waals surface area contributed by atoms with Crippen LogP contribution in [0.5, 0.6) is 0 Å². The standard InChI is InChI=1S/C10H13NO2/c1-3-7-4-5-9(11)8(6-7)10(12)13-2/h4-6H,3,11H2,1-2H3. The molecule has 1 rings (SSSR count). The van der Waals surface area contributed by atoms with Crippen LogP contribution in [0.25, 0.3) is 0 Å². The van der Waals surface area contributed by atoms with E-state index in [-0.39, 0.29) is 5.97 Å². The molecule has 0 saturated heterocycles. The Labute approximate surface area is 77.5 Å². The van der Waals surface area contributed by atoms with E-state index in [0.717, 1.165) is 12.0 Å². The van der Waals surface area contributed by atoms with Gasteiger partial charge in [0.2, 0.25) is 0 Å². The van der Waals surface area contributed by atoms with Gasteiger partial charge < -0.3 is 10.5 Å². The van der Waals surface area contributed by atoms with Crippen molar-refractivity contribution in [1.82, 2.24) is 0 Å². The maximum absolute atomic E-state index is 11.2. The minimum atomic E-state index is -0.382. The Bertz CT molecular complexity index is 321. The van der Waals surface area contributed by atoms with Gasteiger partial charge in [0.1, 0.15) is 0 Å². The molecule has 0 fully saturated rings. The van der Waals surface area contributed by atoms with E-state index < -0.39 is 0 Å². The van der Waals surface area contributed by atoms with E-state index in [1.807, 2.05) is 13.0 Å². The van der Waals surface area contributed by atoms with E-state index in [2.05, 4.69) is 4.74 Å². The van der Waals surface area contributed by atoms with Gasteiger partial charge in [0.15, 0.2) is 0 Å². The summed E-state index contributed by atoms with van der Waals surface area (Å²) in [6.07, 6.45) is 0.879. The summed E-state index contributed by atoms with van der Waals surface area (Å²) in [5.41, 5.74) is 7.61. The van der Waals surface area contributed by atoms with E-state index in [1.165, 1.54) is 7.11 Å². The number of aryl methyl sites for hydroxylation is 1. The number of methoxy groups -OCH3 is 1. The lowest BCUT2D eigenvalue weighted by molar-refractivity contribution is 0.0602. The molecule has 0 spiro atoms. The van der Waals surface area contributed by atoms with Gasteiger partial charge in [-0.25, -0.2) is 4.79 Å². The van der Waals surface area contributed by atoms with Crippen molar-refractivity contribution < 1.29 is 9.53 Å². The lowest BCUT2D eigenvalue weighted by Gasteiger charge is -2.05. The molecule has 0 aromatic heterocycles. The summed E-state index contributed by atoms with van der Waals surface area (Å²) in [6.45, 7) is 2.02. The summed E-state index contributed by atoms with van der Waals surface area (Å²) in [5, 5.41) is 0. The van der Waals surface area contributed by atoms with Crippen LogP contribution in [-0.2, 0) is 11.2 Å². The van der Waals surface area contributed by atoms with Crippen molar-refractivity contribution in [2.75, 3.05) is 12.8 Å². The Kier molecular flexibility index (Phi) is 2.90. The van der Waals surface area contributed by atoms with Crippen molar-refractivity contribution in [3.05, 3.63) is 29.3 Å². The third-order valence-electron chi connectivity index (χ3n) is 1.93. The van der Waals surface area contributed by atoms with E-state index in [0.29, 0.717) is 11.3 Å². The zero-order valence-corrected chi connectivity index (χ0v) is 7.83. The number of carbonyl (C=O) groups is 1. The molecule has 0 radical (unpaired) electrons. The highest BCUT2D eigenvalue weighted by Crippen LogP contribution is 2.15. The second kappa shape index (κ2) is 3.94. The van der Waals surface area contributed by atoms with E-state index in [1.54, 1.807) is 12.1 Å². The Morgan fingerprint density at radius 1 is 1.54 bits per heavy atom. The quantitative estimate of drug-likeness (QED) is 0.554. The molecule has 13 heavy (non-hydrogen) atoms. The van der Waals surface area contributed by atoms with Crippen molar-refractivity contribution in [1.29, 1.82) is 0 Å². The van der Waals surface area contributed by atoms with Gasteiger partial charge in [-0.3, -0.25) is 0 Å². The van der Waals surface area contributed by atoms with Crippen LogP contribution in [0.4, 0.5) is 5.69 Å². The minimum absolute atomic E-state index is 0.382. The predicted molar refractivity (Wildman–Crippen MR) is 51.6 cm³/mol. The van der Waals surface area contributed by atoms with Crippen LogP contribution >= 0.6 is 0 Å². The van der Waals surface area contributed by atoms with Crippen molar-refractivity contribution in [2.45, 2.75) is 13.3 Å². The van der Waals surface area contributed by atoms with Crippen LogP contribution in [0.2, 0.25) is 0 Å². The Morgan fingerprint density at radius 2 is 2.23 bits per heavy atom. The third kappa shape index (κ3) is 1.99. The SMILES string of the molecule is CCc1ccc(N)c(C(=O)OC)c1. The molecule has 0 amide bonds. The van der Waals surface area contributed by atoms with Gasteiger partial charge in [0.25, 0.3) is 0 Å². The van der Waals surface area contributed by atoms with Crippen molar-refractivity contribution in [3.8, 4) is 0 Å². The summed E-state index contributed by atoms with van der Waals surface area (Å²) >= 11 is 0. The molecule has 1 aromatic carbocycles. The number of nitrogens with two attached hydrogens (primary N) is 1. The number of esters is 1. The van der Waals surface area contributed by atoms with Crippen LogP contribution in [0.3, 0.4) is 0 Å². The molecule has 0 aliphatic heterocycles. The molecule has 70 valence electrons. The van der Waals surface area contributed by atoms with Crippen molar-refractivity contribution >= 4 is 11.7 Å². The van der Waals surface area contributed by atoms with E-state index in [9.17, 15) is 4.79 Å². The topological polar surface area (TPSA) is 52.3 Å². The normalized spacial score (nSPS) is 9.69. The van der Waals surface area contributed by atoms with Crippen LogP contribution < -0.4 is 5.73 Å². The summed E-state index contributed by atoms with van der Waals surface area (Å²) in [5.74, 6) is -0.382. The molecule has 2 N–H and O–H groups in total. The molecule has 3 nitrogen and oxygen atoms in total. The predicted octanol–water partition coefficient (Wildman–Crippen LogP) is 1.62. The average Bonchev–Trinajstić information content (AvgIpc) is 2.17. The molecule has 0 aliphatic rings. The highest BCUT2D eigenvalue weighted by atomic mass is 16.5. The average molecular weight is 179 g/mol. The molecular weight excluding hydrogens is 166 g/mol. The van der Waals surface area contributed by atoms with Crippen molar-refractivity contribution in [3.63, 3.8) is 0 Å². The first-order valence-corrected chi connectivity index (χ1v) is 4.15. The van der Waals surface area contributed by atoms with Gasteiger partial charge >= 0.3 is 5.97 Å². The lowest BCUT2D eigenvalue weighted by atomic mass is 10.1. The lowest BCUT2D eigenvalue weighted by Crippen LogP contribution is -2.06. The third-order valence-corrected chi connectivity index (χ3v) is 1.93. The second-order valence-corrected chi connectivity index (χ2v) is 2.77. The Balaban J connectivity index is 3.11. The summed E-state index contributed by atoms with van der Waals surface area (Å²) < 4.78 is 4.60. The maximum atomic E-state index is 11.2. The van der Waals surface area contributed by atoms with Crippen LogP contribution in [0.1, 0.15) is 22.8 Å². The van der Waals surface area contributed by atoms with Gasteiger partial charge in [-0.05, 0) is 24.1 Å². The van der Waals surface area contributed by atoms with Crippen LogP contribution in [0.15, 0.2) is 18.2 Å². The molecule has 3 heteroatoms. The maximum Gasteiger partial charge on any atom is 0.339 e. The fourth-order valence-electron chi connectivity index (χ4n) is 1.11. The molecule has 0 aliphatic carbocycles. The summed E-state index contributed by atoms with van der Waals surface area (Å²) in [7, 11) is 1.35. The number of anilines is 1. The number of hydrogen-bond acceptors (Lipinski definition) is 3. The van der Waals surface area contributed by atoms with E-state index >= 15 is 0 Å². The fraction of sp³-hybridized carbons (Fsp3) is 0.300. The highest BCUT2D eigenvalue weighted by molar-refractivity contribution is 5.95. The van der Waals surface area contributed by atoms with Gasteiger partial charge in [0.05, 0.1) is 12.7 Å². The minimum Gasteiger partial charge on any atom is -0.465 e. The first-order valence-electron chi connectivity index (χ1n) is 4.15. The van der Waals surface area contributed by atoms with Gasteiger partial charge in [-0.15, -0.1) is 0 Å². The van der Waals surface area contributed by atoms with Gasteiger partial charge in [-0.1, -0.05) is 13.0 Å². The van der Waals surface area contributed by atoms with Crippen molar-refractivity contribution in [2.24, 2.45) is 0 Å². The second-order valence-electron chi connectivity index (χ2n) is 2.77. The zero-order valence-electron chi connectivity index (χ0n) is 7.83. The largest absolute Gasteiger partial charge is 0.465 e. The Hall–Kier alpha value is -1.51. The molecule has 0 heterocycles. The number of ether oxygens (including phenoxy) is 1. The molecule has 1 aromatic rings. The number of rotatable bonds is 2. The van der Waals surface area contributed by atoms with Gasteiger partial charge in [0, 0.05) is 5.69 Å². The number of benzene rings is 1. The fourth-order valence-corrected chi connectivity index (χ4v) is 1.11. The summed E-state index contributed by atoms with van der Waals surface area (Å²) in [6, 6.07) is 5.40. The van der Waals surface area contributed by atoms with Crippen LogP contribution in [-0.4, -0.2) is 13.1 Å². The molecule has 0 bridgehead atoms. The highest BCUT2D eigenvalue weighted by Gasteiger charge is 2.09. The monoisotopic (exact) mass is 179 g/mol. The summed E-state index contributed by atoms with van der Waals surface area (Å²) in [4.78, 5) is 11.2. The Morgan fingerprint density at radius 3 is 2.77 bits per heavy atom. The van der Waals surface area contributed by atoms with Crippen LogP contribution in [0, 0.1) is 0 Å². The van der Waals surface area contributed by atoms with E-state index in [4.69, 9.17) is 5.73 Å². The number of nitrogen functional groups attached to an aromatic ring is 1. The molecular formula is C10H13NO2. The van der Waals surface area contributed by atoms with Gasteiger partial charge in [-0.2, -0.15) is 0 Å². The zero-order chi connectivity index (χ0) is 9.84. The molecule has 0 unspecified atom stereocenters. The number of hydrogen-bond donors (Lipinski definition) is 1. The smallest absolute Gasteiger partial charge is 0.339 e. The molecule has 0 saturated carbocycles. The first-order chi connectivity index (χ1) is 6.19.